The van der Waals surface area contributed by atoms with Crippen molar-refractivity contribution in [1.29, 1.82) is 0 Å². The number of anilines is 2. The highest BCUT2D eigenvalue weighted by atomic mass is 19.4. The SMILES string of the molecule is CCN(CC)CCNC(=O)c1cc(NC(=O)c2cccc(C(F)(F)F)c2)ccc1N1CCCC1. The summed E-state index contributed by atoms with van der Waals surface area (Å²) in [5.41, 5.74) is 0.568. The van der Waals surface area contributed by atoms with Gasteiger partial charge in [0.15, 0.2) is 0 Å². The molecular weight excluding hydrogens is 445 g/mol. The van der Waals surface area contributed by atoms with Crippen LogP contribution in [0.5, 0.6) is 0 Å². The summed E-state index contributed by atoms with van der Waals surface area (Å²) >= 11 is 0. The van der Waals surface area contributed by atoms with Gasteiger partial charge in [-0.15, -0.1) is 0 Å². The minimum absolute atomic E-state index is 0.108. The van der Waals surface area contributed by atoms with E-state index in [9.17, 15) is 22.8 Å². The van der Waals surface area contributed by atoms with Crippen LogP contribution in [-0.4, -0.2) is 56.0 Å². The van der Waals surface area contributed by atoms with Crippen LogP contribution in [0.4, 0.5) is 24.5 Å². The largest absolute Gasteiger partial charge is 0.416 e. The topological polar surface area (TPSA) is 64.7 Å². The monoisotopic (exact) mass is 476 g/mol. The van der Waals surface area contributed by atoms with Gasteiger partial charge in [0, 0.05) is 43.1 Å². The van der Waals surface area contributed by atoms with Crippen LogP contribution in [-0.2, 0) is 6.18 Å². The predicted octanol–water partition coefficient (Wildman–Crippen LogP) is 4.63. The van der Waals surface area contributed by atoms with Crippen molar-refractivity contribution in [3.8, 4) is 0 Å². The molecule has 0 bridgehead atoms. The Balaban J connectivity index is 1.79. The maximum absolute atomic E-state index is 13.0. The molecule has 0 atom stereocenters. The molecule has 34 heavy (non-hydrogen) atoms. The first-order valence-corrected chi connectivity index (χ1v) is 11.6. The van der Waals surface area contributed by atoms with Crippen molar-refractivity contribution in [3.05, 3.63) is 59.2 Å². The highest BCUT2D eigenvalue weighted by Crippen LogP contribution is 2.30. The van der Waals surface area contributed by atoms with E-state index in [2.05, 4.69) is 34.3 Å². The lowest BCUT2D eigenvalue weighted by Crippen LogP contribution is -2.35. The van der Waals surface area contributed by atoms with Crippen LogP contribution in [0.25, 0.3) is 0 Å². The Hall–Kier alpha value is -3.07. The van der Waals surface area contributed by atoms with Gasteiger partial charge in [-0.3, -0.25) is 9.59 Å². The van der Waals surface area contributed by atoms with E-state index in [1.165, 1.54) is 12.1 Å². The second-order valence-electron chi connectivity index (χ2n) is 8.24. The number of hydrogen-bond acceptors (Lipinski definition) is 4. The molecule has 2 aromatic carbocycles. The molecule has 1 fully saturated rings. The minimum Gasteiger partial charge on any atom is -0.371 e. The zero-order chi connectivity index (χ0) is 24.7. The molecule has 0 saturated carbocycles. The molecule has 6 nitrogen and oxygen atoms in total. The Labute approximate surface area is 198 Å². The van der Waals surface area contributed by atoms with Gasteiger partial charge in [0.1, 0.15) is 0 Å². The number of likely N-dealkylation sites (N-methyl/N-ethyl adjacent to an activating group) is 1. The zero-order valence-electron chi connectivity index (χ0n) is 19.5. The second kappa shape index (κ2) is 11.4. The highest BCUT2D eigenvalue weighted by molar-refractivity contribution is 6.06. The van der Waals surface area contributed by atoms with Gasteiger partial charge in [-0.2, -0.15) is 13.2 Å². The summed E-state index contributed by atoms with van der Waals surface area (Å²) in [7, 11) is 0. The zero-order valence-corrected chi connectivity index (χ0v) is 19.5. The third-order valence-electron chi connectivity index (χ3n) is 6.01. The maximum Gasteiger partial charge on any atom is 0.416 e. The van der Waals surface area contributed by atoms with Gasteiger partial charge < -0.3 is 20.4 Å². The average molecular weight is 477 g/mol. The fourth-order valence-electron chi connectivity index (χ4n) is 4.03. The number of benzene rings is 2. The van der Waals surface area contributed by atoms with E-state index in [4.69, 9.17) is 0 Å². The summed E-state index contributed by atoms with van der Waals surface area (Å²) in [5.74, 6) is -0.919. The first-order valence-electron chi connectivity index (χ1n) is 11.6. The van der Waals surface area contributed by atoms with E-state index in [0.29, 0.717) is 17.8 Å². The normalized spacial score (nSPS) is 13.9. The third kappa shape index (κ3) is 6.50. The van der Waals surface area contributed by atoms with E-state index < -0.39 is 17.6 Å². The predicted molar refractivity (Wildman–Crippen MR) is 127 cm³/mol. The number of halogens is 3. The molecule has 1 aliphatic rings. The second-order valence-corrected chi connectivity index (χ2v) is 8.24. The van der Waals surface area contributed by atoms with Crippen molar-refractivity contribution in [3.63, 3.8) is 0 Å². The number of nitrogens with zero attached hydrogens (tertiary/aromatic N) is 2. The van der Waals surface area contributed by atoms with Gasteiger partial charge in [0.25, 0.3) is 11.8 Å². The van der Waals surface area contributed by atoms with E-state index in [1.807, 2.05) is 0 Å². The molecule has 3 rings (SSSR count). The smallest absolute Gasteiger partial charge is 0.371 e. The summed E-state index contributed by atoms with van der Waals surface area (Å²) in [6.45, 7) is 8.81. The molecular formula is C25H31F3N4O2. The molecule has 1 heterocycles. The van der Waals surface area contributed by atoms with Gasteiger partial charge in [-0.05, 0) is 62.3 Å². The van der Waals surface area contributed by atoms with Crippen LogP contribution in [0.1, 0.15) is 53.0 Å². The van der Waals surface area contributed by atoms with Crippen molar-refractivity contribution in [2.75, 3.05) is 49.5 Å². The van der Waals surface area contributed by atoms with Crippen LogP contribution < -0.4 is 15.5 Å². The molecule has 0 aromatic heterocycles. The number of carbonyl (C=O) groups is 2. The van der Waals surface area contributed by atoms with Crippen molar-refractivity contribution < 1.29 is 22.8 Å². The summed E-state index contributed by atoms with van der Waals surface area (Å²) in [6, 6.07) is 9.30. The fraction of sp³-hybridized carbons (Fsp3) is 0.440. The molecule has 0 unspecified atom stereocenters. The van der Waals surface area contributed by atoms with Gasteiger partial charge >= 0.3 is 6.18 Å². The lowest BCUT2D eigenvalue weighted by molar-refractivity contribution is -0.137. The fourth-order valence-corrected chi connectivity index (χ4v) is 4.03. The number of amides is 2. The molecule has 0 radical (unpaired) electrons. The first-order chi connectivity index (χ1) is 16.2. The summed E-state index contributed by atoms with van der Waals surface area (Å²) in [5, 5.41) is 5.58. The lowest BCUT2D eigenvalue weighted by atomic mass is 10.1. The molecule has 9 heteroatoms. The number of rotatable bonds is 9. The van der Waals surface area contributed by atoms with Gasteiger partial charge in [-0.1, -0.05) is 19.9 Å². The Bertz CT molecular complexity index is 1000. The van der Waals surface area contributed by atoms with Crippen LogP contribution >= 0.6 is 0 Å². The summed E-state index contributed by atoms with van der Waals surface area (Å²) in [4.78, 5) is 30.0. The van der Waals surface area contributed by atoms with Crippen molar-refractivity contribution in [2.24, 2.45) is 0 Å². The molecule has 2 amide bonds. The van der Waals surface area contributed by atoms with Gasteiger partial charge in [0.05, 0.1) is 11.1 Å². The van der Waals surface area contributed by atoms with Gasteiger partial charge in [-0.25, -0.2) is 0 Å². The Kier molecular flexibility index (Phi) is 8.55. The number of carbonyl (C=O) groups excluding carboxylic acids is 2. The maximum atomic E-state index is 13.0. The Morgan fingerprint density at radius 2 is 1.71 bits per heavy atom. The van der Waals surface area contributed by atoms with E-state index in [-0.39, 0.29) is 11.5 Å². The summed E-state index contributed by atoms with van der Waals surface area (Å²) < 4.78 is 39.0. The van der Waals surface area contributed by atoms with Crippen molar-refractivity contribution in [2.45, 2.75) is 32.9 Å². The molecule has 184 valence electrons. The Morgan fingerprint density at radius 1 is 1.00 bits per heavy atom. The molecule has 1 saturated heterocycles. The van der Waals surface area contributed by atoms with E-state index in [0.717, 1.165) is 63.4 Å². The van der Waals surface area contributed by atoms with Crippen LogP contribution in [0.2, 0.25) is 0 Å². The molecule has 2 N–H and O–H groups in total. The highest BCUT2D eigenvalue weighted by Gasteiger charge is 2.31. The first kappa shape index (κ1) is 25.6. The Morgan fingerprint density at radius 3 is 2.35 bits per heavy atom. The van der Waals surface area contributed by atoms with Crippen LogP contribution in [0.3, 0.4) is 0 Å². The van der Waals surface area contributed by atoms with E-state index in [1.54, 1.807) is 18.2 Å². The standard InChI is InChI=1S/C25H31F3N4O2/c1-3-31(4-2)15-12-29-24(34)21-17-20(10-11-22(21)32-13-5-6-14-32)30-23(33)18-8-7-9-19(16-18)25(26,27)28/h7-11,16-17H,3-6,12-15H2,1-2H3,(H,29,34)(H,30,33). The molecule has 1 aliphatic heterocycles. The quantitative estimate of drug-likeness (QED) is 0.554. The van der Waals surface area contributed by atoms with Crippen molar-refractivity contribution >= 4 is 23.2 Å². The number of hydrogen-bond donors (Lipinski definition) is 2. The summed E-state index contributed by atoms with van der Waals surface area (Å²) in [6.07, 6.45) is -2.46. The molecule has 0 aliphatic carbocycles. The third-order valence-corrected chi connectivity index (χ3v) is 6.01. The van der Waals surface area contributed by atoms with Crippen molar-refractivity contribution in [1.82, 2.24) is 10.2 Å². The number of alkyl halides is 3. The van der Waals surface area contributed by atoms with Crippen LogP contribution in [0.15, 0.2) is 42.5 Å². The molecule has 2 aromatic rings. The average Bonchev–Trinajstić information content (AvgIpc) is 3.36. The molecule has 0 spiro atoms. The van der Waals surface area contributed by atoms with Gasteiger partial charge in [0.2, 0.25) is 0 Å². The minimum atomic E-state index is -4.54. The number of nitrogens with one attached hydrogen (secondary N) is 2. The lowest BCUT2D eigenvalue weighted by Gasteiger charge is -2.23. The van der Waals surface area contributed by atoms with E-state index >= 15 is 0 Å². The van der Waals surface area contributed by atoms with Crippen LogP contribution in [0, 0.1) is 0 Å².